The van der Waals surface area contributed by atoms with Crippen LogP contribution in [-0.2, 0) is 16.8 Å². The number of carbonyl (C=O) groups is 1. The van der Waals surface area contributed by atoms with Gasteiger partial charge < -0.3 is 10.1 Å². The quantitative estimate of drug-likeness (QED) is 0.564. The van der Waals surface area contributed by atoms with Crippen LogP contribution in [0.1, 0.15) is 55.1 Å². The van der Waals surface area contributed by atoms with E-state index in [-0.39, 0.29) is 23.0 Å². The van der Waals surface area contributed by atoms with Gasteiger partial charge in [0.15, 0.2) is 5.69 Å². The first-order chi connectivity index (χ1) is 15.5. The molecule has 0 saturated carbocycles. The monoisotopic (exact) mass is 437 g/mol. The summed E-state index contributed by atoms with van der Waals surface area (Å²) in [6.45, 7) is 3.54. The molecule has 0 radical (unpaired) electrons. The largest absolute Gasteiger partial charge is 0.381 e. The Labute approximate surface area is 186 Å². The lowest BCUT2D eigenvalue weighted by Crippen LogP contribution is -2.50. The molecule has 32 heavy (non-hydrogen) atoms. The molecule has 0 atom stereocenters. The van der Waals surface area contributed by atoms with Crippen LogP contribution in [0.15, 0.2) is 53.3 Å². The molecule has 0 aliphatic carbocycles. The zero-order valence-corrected chi connectivity index (χ0v) is 18.3. The maximum absolute atomic E-state index is 13.6. The molecule has 3 aromatic rings. The minimum Gasteiger partial charge on any atom is -0.381 e. The molecule has 0 spiro atoms. The number of benzene rings is 2. The molecule has 0 unspecified atom stereocenters. The van der Waals surface area contributed by atoms with E-state index < -0.39 is 5.54 Å². The van der Waals surface area contributed by atoms with Crippen LogP contribution in [0.3, 0.4) is 0 Å². The molecule has 2 heterocycles. The topological polar surface area (TPSA) is 73.2 Å². The van der Waals surface area contributed by atoms with E-state index in [2.05, 4.69) is 17.3 Å². The van der Waals surface area contributed by atoms with Crippen molar-refractivity contribution in [2.45, 2.75) is 51.1 Å². The zero-order valence-electron chi connectivity index (χ0n) is 18.3. The number of nitrogens with one attached hydrogen (secondary N) is 1. The second kappa shape index (κ2) is 9.61. The summed E-state index contributed by atoms with van der Waals surface area (Å²) in [5, 5.41) is 8.66. The number of hydrogen-bond acceptors (Lipinski definition) is 4. The van der Waals surface area contributed by atoms with Crippen LogP contribution in [0.4, 0.5) is 4.39 Å². The van der Waals surface area contributed by atoms with Crippen molar-refractivity contribution in [2.24, 2.45) is 0 Å². The Morgan fingerprint density at radius 2 is 1.78 bits per heavy atom. The van der Waals surface area contributed by atoms with E-state index >= 15 is 0 Å². The van der Waals surface area contributed by atoms with Gasteiger partial charge >= 0.3 is 0 Å². The lowest BCUT2D eigenvalue weighted by molar-refractivity contribution is 0.0343. The molecular formula is C25H28FN3O3. The average molecular weight is 438 g/mol. The predicted molar refractivity (Wildman–Crippen MR) is 121 cm³/mol. The van der Waals surface area contributed by atoms with Crippen LogP contribution in [0, 0.1) is 5.82 Å². The molecule has 6 nitrogen and oxygen atoms in total. The van der Waals surface area contributed by atoms with Gasteiger partial charge in [0.2, 0.25) is 0 Å². The number of fused-ring (bicyclic) bond motifs is 1. The van der Waals surface area contributed by atoms with Crippen molar-refractivity contribution in [2.75, 3.05) is 13.2 Å². The summed E-state index contributed by atoms with van der Waals surface area (Å²) in [6, 6.07) is 13.3. The van der Waals surface area contributed by atoms with Crippen molar-refractivity contribution in [3.8, 4) is 0 Å². The number of aryl methyl sites for hydroxylation is 1. The molecule has 0 bridgehead atoms. The van der Waals surface area contributed by atoms with Gasteiger partial charge in [-0.2, -0.15) is 5.10 Å². The Hall–Kier alpha value is -3.06. The SMILES string of the molecule is CCCCCn1nc(C(=O)NC2(c3ccc(F)cc3)CCOCC2)c2ccccc2c1=O. The third-order valence-corrected chi connectivity index (χ3v) is 6.15. The molecule has 4 rings (SSSR count). The number of unbranched alkanes of at least 4 members (excludes halogenated alkanes) is 2. The number of ether oxygens (including phenoxy) is 1. The first kappa shape index (κ1) is 22.1. The van der Waals surface area contributed by atoms with Crippen LogP contribution in [-0.4, -0.2) is 28.9 Å². The highest BCUT2D eigenvalue weighted by molar-refractivity contribution is 6.05. The molecule has 168 valence electrons. The first-order valence-electron chi connectivity index (χ1n) is 11.2. The summed E-state index contributed by atoms with van der Waals surface area (Å²) in [7, 11) is 0. The molecule has 1 aliphatic heterocycles. The summed E-state index contributed by atoms with van der Waals surface area (Å²) >= 11 is 0. The Bertz CT molecular complexity index is 1150. The smallest absolute Gasteiger partial charge is 0.274 e. The maximum Gasteiger partial charge on any atom is 0.274 e. The fourth-order valence-corrected chi connectivity index (χ4v) is 4.32. The van der Waals surface area contributed by atoms with Crippen LogP contribution < -0.4 is 10.9 Å². The minimum atomic E-state index is -0.686. The Morgan fingerprint density at radius 1 is 1.09 bits per heavy atom. The van der Waals surface area contributed by atoms with E-state index in [1.165, 1.54) is 16.8 Å². The van der Waals surface area contributed by atoms with Crippen molar-refractivity contribution in [3.05, 3.63) is 76.0 Å². The van der Waals surface area contributed by atoms with Gasteiger partial charge in [-0.3, -0.25) is 9.59 Å². The van der Waals surface area contributed by atoms with Crippen molar-refractivity contribution in [3.63, 3.8) is 0 Å². The van der Waals surface area contributed by atoms with Gasteiger partial charge in [-0.05, 0) is 43.0 Å². The van der Waals surface area contributed by atoms with E-state index in [0.717, 1.165) is 24.8 Å². The third-order valence-electron chi connectivity index (χ3n) is 6.15. The number of amides is 1. The number of rotatable bonds is 7. The van der Waals surface area contributed by atoms with Gasteiger partial charge in [-0.1, -0.05) is 50.1 Å². The number of aromatic nitrogens is 2. The second-order valence-electron chi connectivity index (χ2n) is 8.29. The van der Waals surface area contributed by atoms with Crippen molar-refractivity contribution < 1.29 is 13.9 Å². The molecule has 1 aromatic heterocycles. The predicted octanol–water partition coefficient (Wildman–Crippen LogP) is 4.16. The van der Waals surface area contributed by atoms with Gasteiger partial charge in [-0.25, -0.2) is 9.07 Å². The number of halogens is 1. The van der Waals surface area contributed by atoms with E-state index in [1.54, 1.807) is 36.4 Å². The molecule has 2 aromatic carbocycles. The summed E-state index contributed by atoms with van der Waals surface area (Å²) in [5.74, 6) is -0.675. The second-order valence-corrected chi connectivity index (χ2v) is 8.29. The van der Waals surface area contributed by atoms with Crippen LogP contribution in [0.2, 0.25) is 0 Å². The summed E-state index contributed by atoms with van der Waals surface area (Å²) < 4.78 is 20.5. The Balaban J connectivity index is 1.74. The molecule has 7 heteroatoms. The third kappa shape index (κ3) is 4.43. The highest BCUT2D eigenvalue weighted by atomic mass is 19.1. The van der Waals surface area contributed by atoms with E-state index in [0.29, 0.717) is 43.4 Å². The van der Waals surface area contributed by atoms with Gasteiger partial charge in [0.1, 0.15) is 5.82 Å². The molecule has 1 saturated heterocycles. The lowest BCUT2D eigenvalue weighted by Gasteiger charge is -2.38. The summed E-state index contributed by atoms with van der Waals surface area (Å²) in [6.07, 6.45) is 3.96. The van der Waals surface area contributed by atoms with E-state index in [9.17, 15) is 14.0 Å². The van der Waals surface area contributed by atoms with Gasteiger partial charge in [-0.15, -0.1) is 0 Å². The first-order valence-corrected chi connectivity index (χ1v) is 11.2. The minimum absolute atomic E-state index is 0.187. The number of hydrogen-bond donors (Lipinski definition) is 1. The number of nitrogens with zero attached hydrogens (tertiary/aromatic N) is 2. The Kier molecular flexibility index (Phi) is 6.65. The summed E-state index contributed by atoms with van der Waals surface area (Å²) in [5.41, 5.74) is 0.183. The fourth-order valence-electron chi connectivity index (χ4n) is 4.32. The highest BCUT2D eigenvalue weighted by Gasteiger charge is 2.37. The average Bonchev–Trinajstić information content (AvgIpc) is 2.81. The molecule has 1 aliphatic rings. The van der Waals surface area contributed by atoms with Crippen LogP contribution in [0.5, 0.6) is 0 Å². The van der Waals surface area contributed by atoms with E-state index in [1.807, 2.05) is 0 Å². The standard InChI is InChI=1S/C25H28FN3O3/c1-2-3-6-15-29-24(31)21-8-5-4-7-20(21)22(28-29)23(30)27-25(13-16-32-17-14-25)18-9-11-19(26)12-10-18/h4-5,7-12H,2-3,6,13-17H2,1H3,(H,27,30). The molecule has 1 fully saturated rings. The van der Waals surface area contributed by atoms with Gasteiger partial charge in [0.25, 0.3) is 11.5 Å². The van der Waals surface area contributed by atoms with Crippen molar-refractivity contribution in [1.82, 2.24) is 15.1 Å². The van der Waals surface area contributed by atoms with Crippen molar-refractivity contribution in [1.29, 1.82) is 0 Å². The normalized spacial score (nSPS) is 15.6. The molecule has 1 N–H and O–H groups in total. The number of carbonyl (C=O) groups excluding carboxylic acids is 1. The highest BCUT2D eigenvalue weighted by Crippen LogP contribution is 2.33. The molecular weight excluding hydrogens is 409 g/mol. The van der Waals surface area contributed by atoms with Crippen LogP contribution >= 0.6 is 0 Å². The Morgan fingerprint density at radius 3 is 2.47 bits per heavy atom. The van der Waals surface area contributed by atoms with Gasteiger partial charge in [0, 0.05) is 25.1 Å². The lowest BCUT2D eigenvalue weighted by atomic mass is 9.82. The fraction of sp³-hybridized carbons (Fsp3) is 0.400. The maximum atomic E-state index is 13.6. The van der Waals surface area contributed by atoms with Crippen molar-refractivity contribution >= 4 is 16.7 Å². The van der Waals surface area contributed by atoms with Gasteiger partial charge in [0.05, 0.1) is 10.9 Å². The zero-order chi connectivity index (χ0) is 22.6. The summed E-state index contributed by atoms with van der Waals surface area (Å²) in [4.78, 5) is 26.5. The molecule has 1 amide bonds. The van der Waals surface area contributed by atoms with Crippen LogP contribution in [0.25, 0.3) is 10.8 Å². The van der Waals surface area contributed by atoms with E-state index in [4.69, 9.17) is 4.74 Å².